The first-order valence-electron chi connectivity index (χ1n) is 10.4. The number of hydrogen-bond acceptors (Lipinski definition) is 3. The van der Waals surface area contributed by atoms with Gasteiger partial charge in [-0.3, -0.25) is 9.36 Å². The Morgan fingerprint density at radius 2 is 1.62 bits per heavy atom. The summed E-state index contributed by atoms with van der Waals surface area (Å²) in [5.41, 5.74) is 5.83. The van der Waals surface area contributed by atoms with E-state index in [0.29, 0.717) is 11.3 Å². The highest BCUT2D eigenvalue weighted by molar-refractivity contribution is 5.94. The van der Waals surface area contributed by atoms with Gasteiger partial charge >= 0.3 is 6.18 Å². The molecule has 0 unspecified atom stereocenters. The number of halogens is 3. The molecule has 174 valence electrons. The molecule has 0 saturated heterocycles. The average Bonchev–Trinajstić information content (AvgIpc) is 3.25. The van der Waals surface area contributed by atoms with Crippen LogP contribution in [0.5, 0.6) is 0 Å². The minimum atomic E-state index is -4.57. The molecule has 0 spiro atoms. The van der Waals surface area contributed by atoms with Crippen LogP contribution >= 0.6 is 0 Å². The van der Waals surface area contributed by atoms with Gasteiger partial charge in [-0.15, -0.1) is 0 Å². The van der Waals surface area contributed by atoms with Crippen molar-refractivity contribution in [1.29, 1.82) is 0 Å². The molecule has 0 aliphatic carbocycles. The van der Waals surface area contributed by atoms with Gasteiger partial charge in [0.25, 0.3) is 0 Å². The Morgan fingerprint density at radius 3 is 2.24 bits per heavy atom. The Bertz CT molecular complexity index is 1350. The Hall–Kier alpha value is -3.91. The number of amides is 1. The van der Waals surface area contributed by atoms with E-state index in [1.54, 1.807) is 42.5 Å². The van der Waals surface area contributed by atoms with Crippen molar-refractivity contribution in [2.45, 2.75) is 25.6 Å². The predicted molar refractivity (Wildman–Crippen MR) is 123 cm³/mol. The lowest BCUT2D eigenvalue weighted by molar-refractivity contribution is -0.137. The monoisotopic (exact) mass is 465 g/mol. The molecule has 4 aromatic rings. The van der Waals surface area contributed by atoms with Crippen LogP contribution < -0.4 is 5.73 Å². The van der Waals surface area contributed by atoms with Crippen LogP contribution in [0.2, 0.25) is 0 Å². The van der Waals surface area contributed by atoms with Crippen LogP contribution in [-0.2, 0) is 11.8 Å². The number of carbonyl (C=O) groups is 1. The van der Waals surface area contributed by atoms with Gasteiger partial charge in [0, 0.05) is 23.0 Å². The van der Waals surface area contributed by atoms with Crippen LogP contribution in [0, 0.1) is 0 Å². The van der Waals surface area contributed by atoms with Crippen LogP contribution in [-0.4, -0.2) is 20.6 Å². The molecule has 0 fully saturated rings. The maximum Gasteiger partial charge on any atom is 0.417 e. The van der Waals surface area contributed by atoms with E-state index in [2.05, 4.69) is 4.98 Å². The third-order valence-corrected chi connectivity index (χ3v) is 5.43. The Kier molecular flexibility index (Phi) is 5.79. The highest BCUT2D eigenvalue weighted by atomic mass is 19.4. The van der Waals surface area contributed by atoms with Crippen molar-refractivity contribution in [3.63, 3.8) is 0 Å². The standard InChI is InChI=1S/C26H22F3N3O2/c1-25(2,34)22-15-32(24(31-22)20-8-3-4-9-21(20)26(27,28)29)19-12-10-16(11-13-19)17-6-5-7-18(14-17)23(30)33/h3-15,34H,1-2H3,(H2,30,33). The number of aromatic nitrogens is 2. The first kappa shape index (κ1) is 23.3. The third-order valence-electron chi connectivity index (χ3n) is 5.43. The summed E-state index contributed by atoms with van der Waals surface area (Å²) in [4.78, 5) is 15.9. The number of imidazole rings is 1. The van der Waals surface area contributed by atoms with Crippen molar-refractivity contribution in [3.05, 3.63) is 95.8 Å². The smallest absolute Gasteiger partial charge is 0.384 e. The van der Waals surface area contributed by atoms with Gasteiger partial charge < -0.3 is 10.8 Å². The zero-order valence-corrected chi connectivity index (χ0v) is 18.5. The average molecular weight is 465 g/mol. The summed E-state index contributed by atoms with van der Waals surface area (Å²) in [6.45, 7) is 3.04. The molecular formula is C26H22F3N3O2. The highest BCUT2D eigenvalue weighted by Crippen LogP contribution is 2.38. The number of rotatable bonds is 5. The van der Waals surface area contributed by atoms with Crippen LogP contribution in [0.15, 0.2) is 79.0 Å². The summed E-state index contributed by atoms with van der Waals surface area (Å²) < 4.78 is 42.7. The second kappa shape index (κ2) is 8.46. The Balaban J connectivity index is 1.84. The lowest BCUT2D eigenvalue weighted by Gasteiger charge is -2.14. The van der Waals surface area contributed by atoms with Crippen LogP contribution in [0.1, 0.15) is 35.5 Å². The van der Waals surface area contributed by atoms with E-state index < -0.39 is 23.2 Å². The maximum atomic E-state index is 13.7. The second-order valence-corrected chi connectivity index (χ2v) is 8.41. The van der Waals surface area contributed by atoms with Crippen molar-refractivity contribution >= 4 is 5.91 Å². The normalized spacial score (nSPS) is 12.1. The first-order valence-corrected chi connectivity index (χ1v) is 10.4. The quantitative estimate of drug-likeness (QED) is 0.405. The van der Waals surface area contributed by atoms with Gasteiger partial charge in [0.2, 0.25) is 5.91 Å². The summed E-state index contributed by atoms with van der Waals surface area (Å²) in [6.07, 6.45) is -3.04. The summed E-state index contributed by atoms with van der Waals surface area (Å²) in [5, 5.41) is 10.5. The first-order chi connectivity index (χ1) is 15.9. The lowest BCUT2D eigenvalue weighted by Crippen LogP contribution is -2.15. The summed E-state index contributed by atoms with van der Waals surface area (Å²) in [5.74, 6) is -0.475. The molecule has 0 aliphatic rings. The van der Waals surface area contributed by atoms with E-state index in [4.69, 9.17) is 5.73 Å². The fraction of sp³-hybridized carbons (Fsp3) is 0.154. The van der Waals surface area contributed by atoms with Gasteiger partial charge in [0.15, 0.2) is 0 Å². The fourth-order valence-electron chi connectivity index (χ4n) is 3.65. The molecule has 0 atom stereocenters. The van der Waals surface area contributed by atoms with Crippen molar-refractivity contribution in [2.24, 2.45) is 5.73 Å². The summed E-state index contributed by atoms with van der Waals surface area (Å²) in [6, 6.07) is 19.1. The highest BCUT2D eigenvalue weighted by Gasteiger charge is 2.35. The molecule has 0 saturated carbocycles. The van der Waals surface area contributed by atoms with E-state index in [0.717, 1.165) is 17.2 Å². The second-order valence-electron chi connectivity index (χ2n) is 8.41. The van der Waals surface area contributed by atoms with Crippen LogP contribution in [0.3, 0.4) is 0 Å². The van der Waals surface area contributed by atoms with E-state index in [-0.39, 0.29) is 17.1 Å². The SMILES string of the molecule is CC(C)(O)c1cn(-c2ccc(-c3cccc(C(N)=O)c3)cc2)c(-c2ccccc2C(F)(F)F)n1. The maximum absolute atomic E-state index is 13.7. The van der Waals surface area contributed by atoms with Gasteiger partial charge in [0.05, 0.1) is 11.3 Å². The number of alkyl halides is 3. The molecule has 4 rings (SSSR count). The fourth-order valence-corrected chi connectivity index (χ4v) is 3.65. The lowest BCUT2D eigenvalue weighted by atomic mass is 10.0. The number of nitrogens with zero attached hydrogens (tertiary/aromatic N) is 2. The van der Waals surface area contributed by atoms with Crippen molar-refractivity contribution in [3.8, 4) is 28.2 Å². The molecule has 8 heteroatoms. The number of benzene rings is 3. The Labute approximate surface area is 194 Å². The number of nitrogens with two attached hydrogens (primary N) is 1. The van der Waals surface area contributed by atoms with Crippen molar-refractivity contribution < 1.29 is 23.1 Å². The third kappa shape index (κ3) is 4.58. The van der Waals surface area contributed by atoms with Crippen LogP contribution in [0.4, 0.5) is 13.2 Å². The summed E-state index contributed by atoms with van der Waals surface area (Å²) in [7, 11) is 0. The van der Waals surface area contributed by atoms with E-state index >= 15 is 0 Å². The molecule has 3 N–H and O–H groups in total. The number of carbonyl (C=O) groups excluding carboxylic acids is 1. The zero-order chi connectivity index (χ0) is 24.7. The molecule has 3 aromatic carbocycles. The predicted octanol–water partition coefficient (Wildman–Crippen LogP) is 5.55. The molecule has 1 heterocycles. The molecule has 1 amide bonds. The largest absolute Gasteiger partial charge is 0.417 e. The van der Waals surface area contributed by atoms with Gasteiger partial charge in [-0.2, -0.15) is 13.2 Å². The van der Waals surface area contributed by atoms with E-state index in [1.165, 1.54) is 42.8 Å². The van der Waals surface area contributed by atoms with Crippen molar-refractivity contribution in [1.82, 2.24) is 9.55 Å². The molecule has 34 heavy (non-hydrogen) atoms. The van der Waals surface area contributed by atoms with Gasteiger partial charge in [0.1, 0.15) is 11.4 Å². The minimum absolute atomic E-state index is 0.0634. The number of primary amides is 1. The molecule has 1 aromatic heterocycles. The zero-order valence-electron chi connectivity index (χ0n) is 18.5. The minimum Gasteiger partial charge on any atom is -0.384 e. The van der Waals surface area contributed by atoms with E-state index in [1.807, 2.05) is 6.07 Å². The molecule has 0 bridgehead atoms. The Morgan fingerprint density at radius 1 is 0.941 bits per heavy atom. The topological polar surface area (TPSA) is 81.1 Å². The molecule has 0 radical (unpaired) electrons. The molecule has 0 aliphatic heterocycles. The number of aliphatic hydroxyl groups is 1. The molecule has 5 nitrogen and oxygen atoms in total. The molecular weight excluding hydrogens is 443 g/mol. The van der Waals surface area contributed by atoms with Gasteiger partial charge in [-0.25, -0.2) is 4.98 Å². The van der Waals surface area contributed by atoms with Gasteiger partial charge in [-0.1, -0.05) is 42.5 Å². The van der Waals surface area contributed by atoms with Crippen molar-refractivity contribution in [2.75, 3.05) is 0 Å². The summed E-state index contributed by atoms with van der Waals surface area (Å²) >= 11 is 0. The van der Waals surface area contributed by atoms with Crippen LogP contribution in [0.25, 0.3) is 28.2 Å². The van der Waals surface area contributed by atoms with Gasteiger partial charge in [-0.05, 0) is 55.3 Å². The van der Waals surface area contributed by atoms with E-state index in [9.17, 15) is 23.1 Å². The number of hydrogen-bond donors (Lipinski definition) is 2.